The Hall–Kier alpha value is -2.82. The topological polar surface area (TPSA) is 49.9 Å². The van der Waals surface area contributed by atoms with Crippen molar-refractivity contribution < 1.29 is 14.3 Å². The molecular formula is C22H26N2O3. The smallest absolute Gasteiger partial charge is 0.317 e. The van der Waals surface area contributed by atoms with Crippen molar-refractivity contribution in [1.29, 1.82) is 0 Å². The van der Waals surface area contributed by atoms with Gasteiger partial charge in [-0.05, 0) is 36.1 Å². The minimum absolute atomic E-state index is 0.205. The number of likely N-dealkylation sites (N-methyl/N-ethyl adjacent to an activating group) is 1. The Labute approximate surface area is 160 Å². The summed E-state index contributed by atoms with van der Waals surface area (Å²) in [4.78, 5) is 28.5. The van der Waals surface area contributed by atoms with Crippen molar-refractivity contribution in [3.63, 3.8) is 0 Å². The van der Waals surface area contributed by atoms with Crippen molar-refractivity contribution in [3.05, 3.63) is 65.7 Å². The fourth-order valence-corrected chi connectivity index (χ4v) is 3.13. The first-order valence-electron chi connectivity index (χ1n) is 9.15. The molecule has 0 radical (unpaired) electrons. The maximum atomic E-state index is 12.5. The number of hydrogen-bond donors (Lipinski definition) is 0. The molecule has 27 heavy (non-hydrogen) atoms. The van der Waals surface area contributed by atoms with Gasteiger partial charge in [-0.2, -0.15) is 0 Å². The normalized spacial score (nSPS) is 14.3. The molecule has 5 heteroatoms. The van der Waals surface area contributed by atoms with Crippen LogP contribution in [0.4, 0.5) is 5.69 Å². The van der Waals surface area contributed by atoms with Gasteiger partial charge in [0, 0.05) is 33.4 Å². The Kier molecular flexibility index (Phi) is 5.49. The highest BCUT2D eigenvalue weighted by Crippen LogP contribution is 2.49. The van der Waals surface area contributed by atoms with E-state index in [0.717, 1.165) is 29.7 Å². The van der Waals surface area contributed by atoms with Gasteiger partial charge in [0.1, 0.15) is 0 Å². The van der Waals surface area contributed by atoms with E-state index < -0.39 is 5.41 Å². The van der Waals surface area contributed by atoms with Crippen LogP contribution in [0.2, 0.25) is 0 Å². The zero-order chi connectivity index (χ0) is 19.4. The van der Waals surface area contributed by atoms with Crippen LogP contribution in [0.1, 0.15) is 24.0 Å². The van der Waals surface area contributed by atoms with Crippen LogP contribution in [0.3, 0.4) is 0 Å². The van der Waals surface area contributed by atoms with Crippen molar-refractivity contribution in [3.8, 4) is 0 Å². The molecule has 0 saturated heterocycles. The van der Waals surface area contributed by atoms with E-state index >= 15 is 0 Å². The van der Waals surface area contributed by atoms with Crippen molar-refractivity contribution in [2.45, 2.75) is 24.8 Å². The van der Waals surface area contributed by atoms with Crippen LogP contribution in [0.25, 0.3) is 0 Å². The second kappa shape index (κ2) is 7.82. The molecule has 1 amide bonds. The third kappa shape index (κ3) is 4.30. The summed E-state index contributed by atoms with van der Waals surface area (Å²) >= 11 is 0. The molecule has 1 fully saturated rings. The lowest BCUT2D eigenvalue weighted by molar-refractivity contribution is -0.154. The van der Waals surface area contributed by atoms with Crippen LogP contribution in [0, 0.1) is 0 Å². The number of nitrogens with zero attached hydrogens (tertiary/aromatic N) is 2. The average Bonchev–Trinajstić information content (AvgIpc) is 3.49. The Balaban J connectivity index is 1.52. The zero-order valence-corrected chi connectivity index (χ0v) is 16.1. The van der Waals surface area contributed by atoms with Gasteiger partial charge in [-0.15, -0.1) is 0 Å². The molecule has 0 spiro atoms. The third-order valence-electron chi connectivity index (χ3n) is 5.09. The van der Waals surface area contributed by atoms with Crippen LogP contribution in [0.15, 0.2) is 54.6 Å². The SMILES string of the molecule is CN(Cc1ccc(N(C)C)cc1)C(=O)COC(=O)C1(c2ccccc2)CC1. The molecule has 0 aromatic heterocycles. The maximum Gasteiger partial charge on any atom is 0.317 e. The average molecular weight is 366 g/mol. The molecule has 2 aromatic carbocycles. The van der Waals surface area contributed by atoms with Gasteiger partial charge in [0.05, 0.1) is 5.41 Å². The van der Waals surface area contributed by atoms with Gasteiger partial charge in [0.2, 0.25) is 0 Å². The third-order valence-corrected chi connectivity index (χ3v) is 5.09. The second-order valence-corrected chi connectivity index (χ2v) is 7.33. The summed E-state index contributed by atoms with van der Waals surface area (Å²) in [5, 5.41) is 0. The van der Waals surface area contributed by atoms with Crippen molar-refractivity contribution in [2.24, 2.45) is 0 Å². The maximum absolute atomic E-state index is 12.5. The molecule has 0 unspecified atom stereocenters. The number of anilines is 1. The minimum Gasteiger partial charge on any atom is -0.455 e. The van der Waals surface area contributed by atoms with E-state index in [0.29, 0.717) is 6.54 Å². The van der Waals surface area contributed by atoms with Gasteiger partial charge in [-0.1, -0.05) is 42.5 Å². The second-order valence-electron chi connectivity index (χ2n) is 7.33. The first kappa shape index (κ1) is 19.0. The van der Waals surface area contributed by atoms with E-state index in [1.165, 1.54) is 0 Å². The number of rotatable bonds is 7. The molecule has 1 aliphatic carbocycles. The van der Waals surface area contributed by atoms with E-state index in [9.17, 15) is 9.59 Å². The van der Waals surface area contributed by atoms with Crippen LogP contribution < -0.4 is 4.90 Å². The standard InChI is InChI=1S/C22H26N2O3/c1-23(2)19-11-9-17(10-12-19)15-24(3)20(25)16-27-21(26)22(13-14-22)18-7-5-4-6-8-18/h4-12H,13-16H2,1-3H3. The molecule has 3 rings (SSSR count). The fourth-order valence-electron chi connectivity index (χ4n) is 3.13. The number of esters is 1. The van der Waals surface area contributed by atoms with Gasteiger partial charge in [0.25, 0.3) is 5.91 Å². The summed E-state index contributed by atoms with van der Waals surface area (Å²) < 4.78 is 5.36. The molecule has 0 heterocycles. The molecule has 0 atom stereocenters. The number of benzene rings is 2. The van der Waals surface area contributed by atoms with Gasteiger partial charge >= 0.3 is 5.97 Å². The first-order valence-corrected chi connectivity index (χ1v) is 9.15. The molecule has 0 aliphatic heterocycles. The number of amides is 1. The Morgan fingerprint density at radius 3 is 2.15 bits per heavy atom. The van der Waals surface area contributed by atoms with Gasteiger partial charge < -0.3 is 14.5 Å². The largest absolute Gasteiger partial charge is 0.455 e. The predicted octanol–water partition coefficient (Wildman–Crippen LogP) is 2.99. The van der Waals surface area contributed by atoms with Crippen LogP contribution >= 0.6 is 0 Å². The Bertz CT molecular complexity index is 796. The summed E-state index contributed by atoms with van der Waals surface area (Å²) in [5.74, 6) is -0.505. The lowest BCUT2D eigenvalue weighted by Gasteiger charge is -2.20. The monoisotopic (exact) mass is 366 g/mol. The Morgan fingerprint density at radius 2 is 1.59 bits per heavy atom. The van der Waals surface area contributed by atoms with E-state index in [4.69, 9.17) is 4.74 Å². The summed E-state index contributed by atoms with van der Waals surface area (Å²) in [5.41, 5.74) is 2.56. The summed E-state index contributed by atoms with van der Waals surface area (Å²) in [6.07, 6.45) is 1.55. The molecule has 0 bridgehead atoms. The highest BCUT2D eigenvalue weighted by molar-refractivity contribution is 5.88. The summed E-state index contributed by atoms with van der Waals surface area (Å²) in [6.45, 7) is 0.258. The molecule has 142 valence electrons. The molecule has 5 nitrogen and oxygen atoms in total. The Morgan fingerprint density at radius 1 is 0.963 bits per heavy atom. The summed E-state index contributed by atoms with van der Waals surface area (Å²) in [6, 6.07) is 17.7. The number of carbonyl (C=O) groups excluding carboxylic acids is 2. The van der Waals surface area contributed by atoms with E-state index in [-0.39, 0.29) is 18.5 Å². The molecule has 1 saturated carbocycles. The predicted molar refractivity (Wildman–Crippen MR) is 106 cm³/mol. The minimum atomic E-state index is -0.553. The highest BCUT2D eigenvalue weighted by Gasteiger charge is 2.52. The van der Waals surface area contributed by atoms with Crippen LogP contribution in [-0.2, 0) is 26.3 Å². The van der Waals surface area contributed by atoms with Gasteiger partial charge in [-0.25, -0.2) is 0 Å². The van der Waals surface area contributed by atoms with Crippen LogP contribution in [-0.4, -0.2) is 44.5 Å². The molecule has 1 aliphatic rings. The van der Waals surface area contributed by atoms with Crippen molar-refractivity contribution in [1.82, 2.24) is 4.90 Å². The number of carbonyl (C=O) groups is 2. The highest BCUT2D eigenvalue weighted by atomic mass is 16.5. The van der Waals surface area contributed by atoms with Gasteiger partial charge in [-0.3, -0.25) is 9.59 Å². The summed E-state index contributed by atoms with van der Waals surface area (Å²) in [7, 11) is 5.70. The lowest BCUT2D eigenvalue weighted by atomic mass is 9.96. The van der Waals surface area contributed by atoms with E-state index in [2.05, 4.69) is 0 Å². The van der Waals surface area contributed by atoms with E-state index in [1.54, 1.807) is 11.9 Å². The quantitative estimate of drug-likeness (QED) is 0.707. The van der Waals surface area contributed by atoms with Gasteiger partial charge in [0.15, 0.2) is 6.61 Å². The van der Waals surface area contributed by atoms with Crippen molar-refractivity contribution >= 4 is 17.6 Å². The van der Waals surface area contributed by atoms with Crippen molar-refractivity contribution in [2.75, 3.05) is 32.6 Å². The molecule has 2 aromatic rings. The number of ether oxygens (including phenoxy) is 1. The number of hydrogen-bond acceptors (Lipinski definition) is 4. The first-order chi connectivity index (χ1) is 12.9. The molecular weight excluding hydrogens is 340 g/mol. The fraction of sp³-hybridized carbons (Fsp3) is 0.364. The lowest BCUT2D eigenvalue weighted by Crippen LogP contribution is -2.33. The van der Waals surface area contributed by atoms with E-state index in [1.807, 2.05) is 73.6 Å². The zero-order valence-electron chi connectivity index (χ0n) is 16.1. The van der Waals surface area contributed by atoms with Crippen LogP contribution in [0.5, 0.6) is 0 Å². The molecule has 0 N–H and O–H groups in total.